The smallest absolute Gasteiger partial charge is 0.241 e. The van der Waals surface area contributed by atoms with Gasteiger partial charge in [0.1, 0.15) is 0 Å². The van der Waals surface area contributed by atoms with Crippen LogP contribution in [0.1, 0.15) is 24.5 Å². The molecule has 6 nitrogen and oxygen atoms in total. The van der Waals surface area contributed by atoms with Crippen LogP contribution in [0.2, 0.25) is 0 Å². The van der Waals surface area contributed by atoms with E-state index in [1.165, 1.54) is 6.07 Å². The first-order chi connectivity index (χ1) is 9.44. The number of sulfone groups is 1. The molecule has 1 heterocycles. The van der Waals surface area contributed by atoms with Gasteiger partial charge in [-0.2, -0.15) is 0 Å². The predicted octanol–water partition coefficient (Wildman–Crippen LogP) is 0.741. The molecule has 0 spiro atoms. The minimum Gasteiger partial charge on any atom is -0.398 e. The topological polar surface area (TPSA) is 106 Å². The van der Waals surface area contributed by atoms with Gasteiger partial charge in [0.05, 0.1) is 16.4 Å². The zero-order valence-electron chi connectivity index (χ0n) is 12.3. The van der Waals surface area contributed by atoms with Crippen LogP contribution in [0.15, 0.2) is 17.0 Å². The van der Waals surface area contributed by atoms with Gasteiger partial charge in [0.15, 0.2) is 9.84 Å². The molecule has 118 valence electrons. The molecule has 1 unspecified atom stereocenters. The Labute approximate surface area is 125 Å². The molecular weight excluding hydrogens is 312 g/mol. The van der Waals surface area contributed by atoms with Gasteiger partial charge < -0.3 is 5.73 Å². The SMILES string of the molecule is Cc1cc(S(=O)(=O)NC2(C)CCS(=O)(=O)C2)cc(N)c1C. The number of hydrogen-bond acceptors (Lipinski definition) is 5. The van der Waals surface area contributed by atoms with Gasteiger partial charge in [-0.1, -0.05) is 0 Å². The van der Waals surface area contributed by atoms with Crippen molar-refractivity contribution in [3.8, 4) is 0 Å². The number of benzene rings is 1. The van der Waals surface area contributed by atoms with Crippen molar-refractivity contribution in [3.05, 3.63) is 23.3 Å². The van der Waals surface area contributed by atoms with E-state index in [1.54, 1.807) is 19.9 Å². The maximum absolute atomic E-state index is 12.5. The minimum absolute atomic E-state index is 0.00108. The van der Waals surface area contributed by atoms with Crippen LogP contribution in [-0.4, -0.2) is 33.9 Å². The zero-order chi connectivity index (χ0) is 16.1. The summed E-state index contributed by atoms with van der Waals surface area (Å²) >= 11 is 0. The highest BCUT2D eigenvalue weighted by Crippen LogP contribution is 2.27. The lowest BCUT2D eigenvalue weighted by Gasteiger charge is -2.24. The Morgan fingerprint density at radius 3 is 2.38 bits per heavy atom. The third kappa shape index (κ3) is 3.38. The van der Waals surface area contributed by atoms with Gasteiger partial charge in [-0.05, 0) is 50.5 Å². The van der Waals surface area contributed by atoms with Crippen LogP contribution in [0.5, 0.6) is 0 Å². The third-order valence-corrected chi connectivity index (χ3v) is 7.40. The van der Waals surface area contributed by atoms with Crippen LogP contribution in [0.3, 0.4) is 0 Å². The molecule has 0 aromatic heterocycles. The molecule has 2 rings (SSSR count). The second-order valence-electron chi connectivity index (χ2n) is 5.96. The number of nitrogens with one attached hydrogen (secondary N) is 1. The van der Waals surface area contributed by atoms with Crippen LogP contribution in [-0.2, 0) is 19.9 Å². The van der Waals surface area contributed by atoms with Crippen molar-refractivity contribution in [2.75, 3.05) is 17.2 Å². The molecule has 1 saturated heterocycles. The number of anilines is 1. The van der Waals surface area contributed by atoms with Gasteiger partial charge >= 0.3 is 0 Å². The fourth-order valence-corrected chi connectivity index (χ4v) is 6.22. The van der Waals surface area contributed by atoms with Gasteiger partial charge in [0.25, 0.3) is 0 Å². The third-order valence-electron chi connectivity index (χ3n) is 3.88. The molecule has 21 heavy (non-hydrogen) atoms. The molecule has 0 aliphatic carbocycles. The van der Waals surface area contributed by atoms with E-state index in [-0.39, 0.29) is 22.8 Å². The number of sulfonamides is 1. The van der Waals surface area contributed by atoms with Gasteiger partial charge in [0.2, 0.25) is 10.0 Å². The Hall–Kier alpha value is -1.12. The van der Waals surface area contributed by atoms with Crippen LogP contribution < -0.4 is 10.5 Å². The van der Waals surface area contributed by atoms with E-state index in [0.29, 0.717) is 5.69 Å². The van der Waals surface area contributed by atoms with E-state index in [9.17, 15) is 16.8 Å². The molecule has 1 fully saturated rings. The molecule has 1 atom stereocenters. The molecule has 0 bridgehead atoms. The van der Waals surface area contributed by atoms with Crippen molar-refractivity contribution >= 4 is 25.5 Å². The normalized spacial score (nSPS) is 25.1. The minimum atomic E-state index is -3.81. The molecule has 1 aromatic carbocycles. The van der Waals surface area contributed by atoms with Crippen molar-refractivity contribution < 1.29 is 16.8 Å². The van der Waals surface area contributed by atoms with E-state index >= 15 is 0 Å². The molecule has 3 N–H and O–H groups in total. The van der Waals surface area contributed by atoms with E-state index < -0.39 is 25.4 Å². The summed E-state index contributed by atoms with van der Waals surface area (Å²) in [7, 11) is -6.99. The average molecular weight is 332 g/mol. The largest absolute Gasteiger partial charge is 0.398 e. The van der Waals surface area contributed by atoms with Crippen molar-refractivity contribution in [1.82, 2.24) is 4.72 Å². The maximum atomic E-state index is 12.5. The fraction of sp³-hybridized carbons (Fsp3) is 0.538. The van der Waals surface area contributed by atoms with Crippen LogP contribution >= 0.6 is 0 Å². The van der Waals surface area contributed by atoms with Gasteiger partial charge in [-0.25, -0.2) is 21.6 Å². The van der Waals surface area contributed by atoms with Crippen LogP contribution in [0.4, 0.5) is 5.69 Å². The summed E-state index contributed by atoms with van der Waals surface area (Å²) in [6.45, 7) is 5.21. The molecule has 1 aromatic rings. The Morgan fingerprint density at radius 2 is 1.90 bits per heavy atom. The lowest BCUT2D eigenvalue weighted by molar-refractivity contribution is 0.462. The lowest BCUT2D eigenvalue weighted by atomic mass is 10.0. The molecular formula is C13H20N2O4S2. The van der Waals surface area contributed by atoms with E-state index in [2.05, 4.69) is 4.72 Å². The van der Waals surface area contributed by atoms with Crippen molar-refractivity contribution in [2.45, 2.75) is 37.6 Å². The number of aryl methyl sites for hydroxylation is 1. The summed E-state index contributed by atoms with van der Waals surface area (Å²) in [5.41, 5.74) is 6.86. The maximum Gasteiger partial charge on any atom is 0.241 e. The number of nitrogen functional groups attached to an aromatic ring is 1. The quantitative estimate of drug-likeness (QED) is 0.794. The summed E-state index contributed by atoms with van der Waals surface area (Å²) in [5.74, 6) is -0.180. The summed E-state index contributed by atoms with van der Waals surface area (Å²) in [6.07, 6.45) is 0.273. The van der Waals surface area contributed by atoms with Gasteiger partial charge in [-0.15, -0.1) is 0 Å². The first-order valence-corrected chi connectivity index (χ1v) is 9.86. The molecule has 1 aliphatic heterocycles. The van der Waals surface area contributed by atoms with Crippen LogP contribution in [0, 0.1) is 13.8 Å². The Morgan fingerprint density at radius 1 is 1.29 bits per heavy atom. The first kappa shape index (κ1) is 16.3. The van der Waals surface area contributed by atoms with E-state index in [1.807, 2.05) is 6.92 Å². The highest BCUT2D eigenvalue weighted by molar-refractivity contribution is 7.92. The van der Waals surface area contributed by atoms with Crippen LogP contribution in [0.25, 0.3) is 0 Å². The second-order valence-corrected chi connectivity index (χ2v) is 9.83. The van der Waals surface area contributed by atoms with Crippen molar-refractivity contribution in [1.29, 1.82) is 0 Å². The molecule has 8 heteroatoms. The molecule has 0 amide bonds. The fourth-order valence-electron chi connectivity index (χ4n) is 2.48. The predicted molar refractivity (Wildman–Crippen MR) is 82.3 cm³/mol. The molecule has 0 radical (unpaired) electrons. The Bertz CT molecular complexity index is 761. The summed E-state index contributed by atoms with van der Waals surface area (Å²) < 4.78 is 50.6. The Kier molecular flexibility index (Phi) is 3.84. The Balaban J connectivity index is 2.36. The first-order valence-electron chi connectivity index (χ1n) is 6.55. The lowest BCUT2D eigenvalue weighted by Crippen LogP contribution is -2.46. The van der Waals surface area contributed by atoms with Gasteiger partial charge in [0, 0.05) is 11.2 Å². The zero-order valence-corrected chi connectivity index (χ0v) is 13.9. The van der Waals surface area contributed by atoms with Gasteiger partial charge in [-0.3, -0.25) is 0 Å². The standard InChI is InChI=1S/C13H20N2O4S2/c1-9-6-11(7-12(14)10(9)2)21(18,19)15-13(3)4-5-20(16,17)8-13/h6-7,15H,4-5,8,14H2,1-3H3. The van der Waals surface area contributed by atoms with E-state index in [4.69, 9.17) is 5.73 Å². The van der Waals surface area contributed by atoms with Crippen molar-refractivity contribution in [2.24, 2.45) is 0 Å². The number of rotatable bonds is 3. The highest BCUT2D eigenvalue weighted by Gasteiger charge is 2.41. The molecule has 0 saturated carbocycles. The summed E-state index contributed by atoms with van der Waals surface area (Å²) in [4.78, 5) is 0.0635. The summed E-state index contributed by atoms with van der Waals surface area (Å²) in [5, 5.41) is 0. The molecule has 1 aliphatic rings. The number of nitrogens with two attached hydrogens (primary N) is 1. The monoisotopic (exact) mass is 332 g/mol. The number of hydrogen-bond donors (Lipinski definition) is 2. The van der Waals surface area contributed by atoms with E-state index in [0.717, 1.165) is 11.1 Å². The highest BCUT2D eigenvalue weighted by atomic mass is 32.2. The average Bonchev–Trinajstić information content (AvgIpc) is 2.58. The summed E-state index contributed by atoms with van der Waals surface area (Å²) in [6, 6.07) is 2.94. The van der Waals surface area contributed by atoms with Crippen molar-refractivity contribution in [3.63, 3.8) is 0 Å². The second kappa shape index (κ2) is 4.96.